The zero-order chi connectivity index (χ0) is 16.6. The number of aromatic amines is 2. The summed E-state index contributed by atoms with van der Waals surface area (Å²) >= 11 is 0. The topological polar surface area (TPSA) is 118 Å². The van der Waals surface area contributed by atoms with E-state index in [1.807, 2.05) is 0 Å². The Kier molecular flexibility index (Phi) is 7.44. The van der Waals surface area contributed by atoms with Gasteiger partial charge in [-0.25, -0.2) is 9.59 Å². The quantitative estimate of drug-likeness (QED) is 0.473. The molecule has 0 spiro atoms. The van der Waals surface area contributed by atoms with Crippen molar-refractivity contribution in [3.05, 3.63) is 44.8 Å². The van der Waals surface area contributed by atoms with Crippen LogP contribution in [0.1, 0.15) is 26.3 Å². The van der Waals surface area contributed by atoms with Crippen molar-refractivity contribution in [2.75, 3.05) is 0 Å². The van der Waals surface area contributed by atoms with Gasteiger partial charge in [0.2, 0.25) is 6.29 Å². The molecule has 0 aliphatic rings. The summed E-state index contributed by atoms with van der Waals surface area (Å²) in [4.78, 5) is 46.5. The predicted molar refractivity (Wildman–Crippen MR) is 74.6 cm³/mol. The number of rotatable bonds is 3. The Morgan fingerprint density at radius 1 is 1.24 bits per heavy atom. The molecular formula is C13H18N2O6. The number of ether oxygens (including phenoxy) is 2. The first-order chi connectivity index (χ1) is 9.63. The van der Waals surface area contributed by atoms with Crippen LogP contribution >= 0.6 is 0 Å². The van der Waals surface area contributed by atoms with E-state index in [9.17, 15) is 19.2 Å². The smallest absolute Gasteiger partial charge is 0.336 e. The van der Waals surface area contributed by atoms with E-state index < -0.39 is 23.9 Å². The highest BCUT2D eigenvalue weighted by molar-refractivity contribution is 5.87. The van der Waals surface area contributed by atoms with Crippen LogP contribution in [0.5, 0.6) is 0 Å². The Labute approximate surface area is 120 Å². The minimum atomic E-state index is -0.855. The molecule has 1 aromatic heterocycles. The molecule has 21 heavy (non-hydrogen) atoms. The lowest BCUT2D eigenvalue weighted by Gasteiger charge is -2.12. The first kappa shape index (κ1) is 18.4. The van der Waals surface area contributed by atoms with E-state index in [2.05, 4.69) is 26.0 Å². The van der Waals surface area contributed by atoms with Crippen LogP contribution in [-0.4, -0.2) is 28.2 Å². The zero-order valence-corrected chi connectivity index (χ0v) is 12.3. The second kappa shape index (κ2) is 8.51. The van der Waals surface area contributed by atoms with E-state index in [0.29, 0.717) is 5.56 Å². The lowest BCUT2D eigenvalue weighted by molar-refractivity contribution is -0.179. The fourth-order valence-corrected chi connectivity index (χ4v) is 0.986. The summed E-state index contributed by atoms with van der Waals surface area (Å²) in [6.07, 6.45) is 0.521. The second-order valence-electron chi connectivity index (χ2n) is 4.12. The van der Waals surface area contributed by atoms with Gasteiger partial charge in [0, 0.05) is 31.2 Å². The van der Waals surface area contributed by atoms with Gasteiger partial charge in [0.25, 0.3) is 5.56 Å². The van der Waals surface area contributed by atoms with Crippen molar-refractivity contribution in [2.24, 2.45) is 0 Å². The van der Waals surface area contributed by atoms with Crippen LogP contribution < -0.4 is 11.2 Å². The second-order valence-corrected chi connectivity index (χ2v) is 4.12. The van der Waals surface area contributed by atoms with Crippen LogP contribution in [0.3, 0.4) is 0 Å². The Balaban J connectivity index is 0.000000394. The molecule has 2 N–H and O–H groups in total. The number of aryl methyl sites for hydroxylation is 1. The average molecular weight is 298 g/mol. The van der Waals surface area contributed by atoms with Gasteiger partial charge in [-0.05, 0) is 13.8 Å². The molecule has 1 rings (SSSR count). The van der Waals surface area contributed by atoms with Crippen LogP contribution in [0.25, 0.3) is 0 Å². The fraction of sp³-hybridized carbons (Fsp3) is 0.385. The highest BCUT2D eigenvalue weighted by Crippen LogP contribution is 1.99. The van der Waals surface area contributed by atoms with Gasteiger partial charge in [0.05, 0.1) is 0 Å². The number of H-pyrrole nitrogens is 2. The fourth-order valence-electron chi connectivity index (χ4n) is 0.986. The summed E-state index contributed by atoms with van der Waals surface area (Å²) in [5.74, 6) is -1.05. The number of nitrogens with one attached hydrogen (secondary N) is 2. The van der Waals surface area contributed by atoms with E-state index in [-0.39, 0.29) is 11.1 Å². The number of carbonyl (C=O) groups excluding carboxylic acids is 2. The highest BCUT2D eigenvalue weighted by Gasteiger charge is 2.11. The molecule has 0 saturated heterocycles. The maximum absolute atomic E-state index is 10.8. The van der Waals surface area contributed by atoms with Gasteiger partial charge in [-0.3, -0.25) is 14.6 Å². The molecule has 0 fully saturated rings. The van der Waals surface area contributed by atoms with Crippen LogP contribution in [0.2, 0.25) is 0 Å². The Morgan fingerprint density at radius 2 is 1.81 bits per heavy atom. The van der Waals surface area contributed by atoms with Crippen molar-refractivity contribution >= 4 is 11.9 Å². The van der Waals surface area contributed by atoms with Gasteiger partial charge in [0.1, 0.15) is 0 Å². The Morgan fingerprint density at radius 3 is 2.19 bits per heavy atom. The largest absolute Gasteiger partial charge is 0.426 e. The SMILES string of the molecule is C=C(C)C(=O)OC(C)OC(C)=O.Cc1c[nH]c(=O)[nH]c1=O. The Hall–Kier alpha value is -2.64. The molecule has 0 aliphatic heterocycles. The summed E-state index contributed by atoms with van der Waals surface area (Å²) < 4.78 is 9.19. The molecule has 0 amide bonds. The van der Waals surface area contributed by atoms with E-state index in [4.69, 9.17) is 0 Å². The molecule has 0 bridgehead atoms. The highest BCUT2D eigenvalue weighted by atomic mass is 16.7. The molecule has 0 aromatic carbocycles. The van der Waals surface area contributed by atoms with E-state index in [1.165, 1.54) is 27.0 Å². The minimum absolute atomic E-state index is 0.272. The van der Waals surface area contributed by atoms with E-state index in [1.54, 1.807) is 6.92 Å². The van der Waals surface area contributed by atoms with Crippen molar-refractivity contribution in [3.63, 3.8) is 0 Å². The molecule has 8 nitrogen and oxygen atoms in total. The molecule has 1 unspecified atom stereocenters. The molecule has 8 heteroatoms. The van der Waals surface area contributed by atoms with Crippen LogP contribution in [-0.2, 0) is 19.1 Å². The van der Waals surface area contributed by atoms with Gasteiger partial charge < -0.3 is 14.5 Å². The summed E-state index contributed by atoms with van der Waals surface area (Å²) in [5, 5.41) is 0. The summed E-state index contributed by atoms with van der Waals surface area (Å²) in [6, 6.07) is 0. The third-order valence-corrected chi connectivity index (χ3v) is 1.96. The van der Waals surface area contributed by atoms with Crippen LogP contribution in [0.4, 0.5) is 0 Å². The van der Waals surface area contributed by atoms with Gasteiger partial charge in [-0.2, -0.15) is 0 Å². The van der Waals surface area contributed by atoms with Crippen molar-refractivity contribution in [1.82, 2.24) is 9.97 Å². The van der Waals surface area contributed by atoms with E-state index in [0.717, 1.165) is 0 Å². The normalized spacial score (nSPS) is 10.7. The van der Waals surface area contributed by atoms with Crippen LogP contribution in [0.15, 0.2) is 27.9 Å². The standard InChI is InChI=1S/C8H12O4.C5H6N2O2/c1-5(2)8(10)12-7(4)11-6(3)9;1-3-2-6-5(9)7-4(3)8/h7H,1H2,2-4H3;2H,1H3,(H2,6,7,8,9). The third-order valence-electron chi connectivity index (χ3n) is 1.96. The predicted octanol–water partition coefficient (Wildman–Crippen LogP) is 0.386. The number of esters is 2. The molecule has 0 saturated carbocycles. The summed E-state index contributed by atoms with van der Waals surface area (Å²) in [7, 11) is 0. The van der Waals surface area contributed by atoms with Crippen molar-refractivity contribution in [2.45, 2.75) is 34.0 Å². The van der Waals surface area contributed by atoms with Crippen molar-refractivity contribution in [1.29, 1.82) is 0 Å². The lowest BCUT2D eigenvalue weighted by atomic mass is 10.4. The Bertz CT molecular complexity index is 628. The number of carbonyl (C=O) groups is 2. The molecule has 1 aromatic rings. The lowest BCUT2D eigenvalue weighted by Crippen LogP contribution is -2.22. The molecule has 1 heterocycles. The molecular weight excluding hydrogens is 280 g/mol. The minimum Gasteiger partial charge on any atom is -0.426 e. The molecule has 0 radical (unpaired) electrons. The number of hydrogen-bond acceptors (Lipinski definition) is 6. The van der Waals surface area contributed by atoms with Gasteiger partial charge in [-0.15, -0.1) is 0 Å². The van der Waals surface area contributed by atoms with E-state index >= 15 is 0 Å². The van der Waals surface area contributed by atoms with Crippen molar-refractivity contribution in [3.8, 4) is 0 Å². The average Bonchev–Trinajstić information content (AvgIpc) is 2.33. The van der Waals surface area contributed by atoms with Crippen molar-refractivity contribution < 1.29 is 19.1 Å². The molecule has 116 valence electrons. The summed E-state index contributed by atoms with van der Waals surface area (Å²) in [5.41, 5.74) is -0.0204. The monoisotopic (exact) mass is 298 g/mol. The first-order valence-corrected chi connectivity index (χ1v) is 5.95. The van der Waals surface area contributed by atoms with Gasteiger partial charge in [0.15, 0.2) is 0 Å². The molecule has 1 atom stereocenters. The maximum Gasteiger partial charge on any atom is 0.336 e. The maximum atomic E-state index is 10.8. The third kappa shape index (κ3) is 8.19. The number of aromatic nitrogens is 2. The zero-order valence-electron chi connectivity index (χ0n) is 12.3. The summed E-state index contributed by atoms with van der Waals surface area (Å²) in [6.45, 7) is 9.21. The number of hydrogen-bond donors (Lipinski definition) is 2. The molecule has 0 aliphatic carbocycles. The first-order valence-electron chi connectivity index (χ1n) is 5.95. The van der Waals surface area contributed by atoms with Gasteiger partial charge in [-0.1, -0.05) is 6.58 Å². The van der Waals surface area contributed by atoms with Crippen LogP contribution in [0, 0.1) is 6.92 Å². The van der Waals surface area contributed by atoms with Gasteiger partial charge >= 0.3 is 17.6 Å².